The first-order valence-electron chi connectivity index (χ1n) is 20.9. The maximum Gasteiger partial charge on any atom is 0.367 e. The van der Waals surface area contributed by atoms with Gasteiger partial charge in [-0.05, 0) is 12.8 Å². The van der Waals surface area contributed by atoms with Crippen molar-refractivity contribution >= 4 is 11.9 Å². The van der Waals surface area contributed by atoms with Crippen LogP contribution in [0.15, 0.2) is 0 Å². The number of unbranched alkanes of at least 4 members (excludes halogenated alkanes) is 20. The van der Waals surface area contributed by atoms with Gasteiger partial charge in [-0.25, -0.2) is 4.79 Å². The van der Waals surface area contributed by atoms with Gasteiger partial charge in [-0.15, -0.1) is 0 Å². The van der Waals surface area contributed by atoms with Gasteiger partial charge in [0.05, 0.1) is 25.9 Å². The monoisotopic (exact) mass is 764 g/mol. The highest BCUT2D eigenvalue weighted by Crippen LogP contribution is 2.34. The highest BCUT2D eigenvalue weighted by Gasteiger charge is 2.62. The zero-order valence-electron chi connectivity index (χ0n) is 33.3. The van der Waals surface area contributed by atoms with Gasteiger partial charge in [0.15, 0.2) is 0 Å². The normalized spacial score (nSPS) is 23.5. The van der Waals surface area contributed by atoms with Crippen LogP contribution in [0.5, 0.6) is 0 Å². The summed E-state index contributed by atoms with van der Waals surface area (Å²) < 4.78 is 23.4. The zero-order valence-corrected chi connectivity index (χ0v) is 33.3. The second kappa shape index (κ2) is 30.8. The average Bonchev–Trinajstić information content (AvgIpc) is 3.14. The first-order chi connectivity index (χ1) is 25.5. The van der Waals surface area contributed by atoms with E-state index in [4.69, 9.17) is 18.9 Å². The molecule has 0 radical (unpaired) electrons. The van der Waals surface area contributed by atoms with Crippen molar-refractivity contribution in [1.29, 1.82) is 0 Å². The second-order valence-electron chi connectivity index (χ2n) is 14.9. The van der Waals surface area contributed by atoms with E-state index in [-0.39, 0.29) is 6.61 Å². The first-order valence-corrected chi connectivity index (χ1v) is 20.9. The summed E-state index contributed by atoms with van der Waals surface area (Å²) in [6, 6.07) is -1.53. The molecule has 53 heavy (non-hydrogen) atoms. The Hall–Kier alpha value is -1.42. The molecule has 0 bridgehead atoms. The molecule has 1 aliphatic heterocycles. The number of nitrogens with one attached hydrogen (secondary N) is 1. The van der Waals surface area contributed by atoms with Crippen molar-refractivity contribution in [2.45, 2.75) is 210 Å². The van der Waals surface area contributed by atoms with E-state index in [0.717, 1.165) is 45.4 Å². The number of carbonyl (C=O) groups is 2. The Labute approximate surface area is 319 Å². The van der Waals surface area contributed by atoms with Gasteiger partial charge >= 0.3 is 5.97 Å². The summed E-state index contributed by atoms with van der Waals surface area (Å²) in [5.74, 6) is -5.37. The number of aliphatic carboxylic acids is 1. The second-order valence-corrected chi connectivity index (χ2v) is 14.9. The molecule has 0 aromatic heterocycles. The molecule has 1 saturated heterocycles. The van der Waals surface area contributed by atoms with Crippen LogP contribution in [0.25, 0.3) is 0 Å². The standard InChI is InChI=1S/C40H77NO12/c1-4-6-8-10-12-14-16-17-19-21-23-25-27-51-32(29-50-26-24-22-20-18-15-13-11-9-7-5-2)30-52-40(39(48)49)38(47)36(46)34(41-31(3)43)37(53-40)35(45)33(44)28-42/h32-38,42,44-47H,4-30H2,1-3H3,(H,41,43)(H,48,49)/t32-,33-,34-,35-,36-,37-,38+,40-/m1/s1. The molecule has 1 heterocycles. The fourth-order valence-electron chi connectivity index (χ4n) is 6.79. The van der Waals surface area contributed by atoms with Gasteiger partial charge < -0.3 is 54.9 Å². The number of hydrogen-bond donors (Lipinski definition) is 7. The van der Waals surface area contributed by atoms with Gasteiger partial charge in [0, 0.05) is 20.1 Å². The van der Waals surface area contributed by atoms with Crippen molar-refractivity contribution in [1.82, 2.24) is 5.32 Å². The molecule has 0 spiro atoms. The predicted octanol–water partition coefficient (Wildman–Crippen LogP) is 5.15. The number of rotatable bonds is 35. The van der Waals surface area contributed by atoms with Crippen LogP contribution in [0.2, 0.25) is 0 Å². The third-order valence-corrected chi connectivity index (χ3v) is 10.1. The molecule has 0 saturated carbocycles. The van der Waals surface area contributed by atoms with Crippen molar-refractivity contribution in [2.75, 3.05) is 33.0 Å². The molecular formula is C40H77NO12. The van der Waals surface area contributed by atoms with Crippen LogP contribution in [0, 0.1) is 0 Å². The summed E-state index contributed by atoms with van der Waals surface area (Å²) >= 11 is 0. The van der Waals surface area contributed by atoms with Crippen LogP contribution in [-0.4, -0.2) is 124 Å². The van der Waals surface area contributed by atoms with E-state index < -0.39 is 73.5 Å². The van der Waals surface area contributed by atoms with Crippen LogP contribution in [0.1, 0.15) is 162 Å². The molecule has 13 nitrogen and oxygen atoms in total. The number of aliphatic hydroxyl groups is 5. The molecule has 0 aliphatic carbocycles. The maximum atomic E-state index is 12.7. The lowest BCUT2D eigenvalue weighted by molar-refractivity contribution is -0.351. The highest BCUT2D eigenvalue weighted by atomic mass is 16.7. The third kappa shape index (κ3) is 20.4. The summed E-state index contributed by atoms with van der Waals surface area (Å²) in [5, 5.41) is 64.9. The Morgan fingerprint density at radius 3 is 1.60 bits per heavy atom. The van der Waals surface area contributed by atoms with Gasteiger partial charge in [0.2, 0.25) is 5.91 Å². The van der Waals surface area contributed by atoms with Crippen molar-refractivity contribution in [3.8, 4) is 0 Å². The van der Waals surface area contributed by atoms with Crippen LogP contribution >= 0.6 is 0 Å². The number of carboxylic acids is 1. The van der Waals surface area contributed by atoms with E-state index in [1.807, 2.05) is 0 Å². The number of hydrogen-bond acceptors (Lipinski definition) is 11. The number of amides is 1. The molecule has 8 atom stereocenters. The molecule has 1 aliphatic rings. The summed E-state index contributed by atoms with van der Waals surface area (Å²) in [4.78, 5) is 24.5. The van der Waals surface area contributed by atoms with Crippen molar-refractivity contribution in [3.63, 3.8) is 0 Å². The SMILES string of the molecule is CCCCCCCCCCCCCCO[C@H](COCCCCCCCCCCCC)CO[C@@]1(C(=O)O)O[C@@H]([C@H](O)[C@H](O)CO)[C@H](NC(C)=O)[C@@H](O)[C@@H]1O. The summed E-state index contributed by atoms with van der Waals surface area (Å²) in [6.07, 6.45) is 15.8. The lowest BCUT2D eigenvalue weighted by atomic mass is 9.86. The minimum Gasteiger partial charge on any atom is -0.477 e. The van der Waals surface area contributed by atoms with E-state index in [1.54, 1.807) is 0 Å². The Balaban J connectivity index is 2.78. The molecule has 0 unspecified atom stereocenters. The Morgan fingerprint density at radius 1 is 0.717 bits per heavy atom. The molecular weight excluding hydrogens is 686 g/mol. The number of carbonyl (C=O) groups excluding carboxylic acids is 1. The van der Waals surface area contributed by atoms with E-state index in [1.165, 1.54) is 103 Å². The van der Waals surface area contributed by atoms with Crippen molar-refractivity contribution < 1.29 is 59.2 Å². The van der Waals surface area contributed by atoms with E-state index in [0.29, 0.717) is 13.2 Å². The lowest BCUT2D eigenvalue weighted by Crippen LogP contribution is -2.74. The number of carboxylic acid groups (broad SMARTS) is 1. The first kappa shape index (κ1) is 49.6. The minimum atomic E-state index is -2.90. The van der Waals surface area contributed by atoms with Gasteiger partial charge in [0.25, 0.3) is 5.79 Å². The van der Waals surface area contributed by atoms with Gasteiger partial charge in [-0.1, -0.05) is 142 Å². The van der Waals surface area contributed by atoms with Crippen LogP contribution in [0.4, 0.5) is 0 Å². The zero-order chi connectivity index (χ0) is 39.3. The highest BCUT2D eigenvalue weighted by molar-refractivity contribution is 5.77. The molecule has 1 amide bonds. The number of ether oxygens (including phenoxy) is 4. The summed E-state index contributed by atoms with van der Waals surface area (Å²) in [6.45, 7) is 5.21. The number of aliphatic hydroxyl groups excluding tert-OH is 5. The van der Waals surface area contributed by atoms with E-state index in [9.17, 15) is 40.2 Å². The Kier molecular flexibility index (Phi) is 28.8. The topological polar surface area (TPSA) is 204 Å². The molecule has 7 N–H and O–H groups in total. The van der Waals surface area contributed by atoms with Gasteiger partial charge in [0.1, 0.15) is 36.6 Å². The van der Waals surface area contributed by atoms with Crippen LogP contribution in [-0.2, 0) is 28.5 Å². The Bertz CT molecular complexity index is 913. The van der Waals surface area contributed by atoms with Gasteiger partial charge in [-0.3, -0.25) is 4.79 Å². The maximum absolute atomic E-state index is 12.7. The van der Waals surface area contributed by atoms with Gasteiger partial charge in [-0.2, -0.15) is 0 Å². The lowest BCUT2D eigenvalue weighted by Gasteiger charge is -2.49. The summed E-state index contributed by atoms with van der Waals surface area (Å²) in [7, 11) is 0. The summed E-state index contributed by atoms with van der Waals surface area (Å²) in [5.41, 5.74) is 0. The Morgan fingerprint density at radius 2 is 1.17 bits per heavy atom. The fraction of sp³-hybridized carbons (Fsp3) is 0.950. The van der Waals surface area contributed by atoms with Crippen LogP contribution < -0.4 is 5.32 Å². The predicted molar refractivity (Wildman–Crippen MR) is 203 cm³/mol. The van der Waals surface area contributed by atoms with Crippen LogP contribution in [0.3, 0.4) is 0 Å². The quantitative estimate of drug-likeness (QED) is 0.0419. The third-order valence-electron chi connectivity index (χ3n) is 10.1. The largest absolute Gasteiger partial charge is 0.477 e. The van der Waals surface area contributed by atoms with Crippen molar-refractivity contribution in [2.24, 2.45) is 0 Å². The minimum absolute atomic E-state index is 0.0911. The van der Waals surface area contributed by atoms with E-state index in [2.05, 4.69) is 19.2 Å². The molecule has 0 aromatic rings. The molecule has 0 aromatic carbocycles. The molecule has 13 heteroatoms. The average molecular weight is 764 g/mol. The fourth-order valence-corrected chi connectivity index (χ4v) is 6.79. The molecule has 1 rings (SSSR count). The smallest absolute Gasteiger partial charge is 0.367 e. The van der Waals surface area contributed by atoms with Crippen molar-refractivity contribution in [3.05, 3.63) is 0 Å². The van der Waals surface area contributed by atoms with E-state index >= 15 is 0 Å². The molecule has 1 fully saturated rings. The molecule has 314 valence electrons.